The molecule has 4 aliphatic carbocycles. The largest absolute Gasteiger partial charge is 0.309 e. The summed E-state index contributed by atoms with van der Waals surface area (Å²) in [6.07, 6.45) is 15.3. The third-order valence-corrected chi connectivity index (χ3v) is 15.6. The van der Waals surface area contributed by atoms with Gasteiger partial charge in [0.1, 0.15) is 0 Å². The summed E-state index contributed by atoms with van der Waals surface area (Å²) in [5.41, 5.74) is 27.1. The molecule has 66 heavy (non-hydrogen) atoms. The monoisotopic (exact) mass is 844 g/mol. The predicted octanol–water partition coefficient (Wildman–Crippen LogP) is 16.1. The van der Waals surface area contributed by atoms with E-state index in [1.54, 1.807) is 5.56 Å². The zero-order chi connectivity index (χ0) is 43.3. The Morgan fingerprint density at radius 2 is 1.21 bits per heavy atom. The highest BCUT2D eigenvalue weighted by Gasteiger charge is 2.40. The van der Waals surface area contributed by atoms with Gasteiger partial charge in [-0.2, -0.15) is 0 Å². The van der Waals surface area contributed by atoms with Gasteiger partial charge in [0.2, 0.25) is 0 Å². The average molecular weight is 845 g/mol. The fourth-order valence-corrected chi connectivity index (χ4v) is 12.7. The van der Waals surface area contributed by atoms with Crippen LogP contribution >= 0.6 is 0 Å². The lowest BCUT2D eigenvalue weighted by Gasteiger charge is -2.32. The van der Waals surface area contributed by atoms with Crippen molar-refractivity contribution in [1.29, 1.82) is 0 Å². The summed E-state index contributed by atoms with van der Waals surface area (Å²) >= 11 is 0. The standard InChI is InChI=1S/C64H48N2/c1-2-19-46(20-3-1)66-59-28-13-11-25-53(59)54-38-45(34-36-60(54)66)64-50(26-14-18-43-16-6-12-27-58(43)65-64)42-31-29-41(30-32-42)49-35-33-40-15-4-7-21-47(40)56-39-57-52-24-10-9-23-51(52)55-37-44-17-5-8-22-48(44)63(61(49)56)62(55)57/h1-13,15-17,19-25,27-32,34,36,38-39,43,49,55H,14,18,26,33,35,37H2/b64-50+,65-58?. The van der Waals surface area contributed by atoms with Gasteiger partial charge in [0.05, 0.1) is 16.7 Å². The maximum Gasteiger partial charge on any atom is 0.0743 e. The molecule has 314 valence electrons. The van der Waals surface area contributed by atoms with Crippen molar-refractivity contribution < 1.29 is 0 Å². The summed E-state index contributed by atoms with van der Waals surface area (Å²) < 4.78 is 2.40. The molecule has 2 heterocycles. The van der Waals surface area contributed by atoms with Gasteiger partial charge in [-0.25, -0.2) is 0 Å². The van der Waals surface area contributed by atoms with E-state index in [1.807, 2.05) is 0 Å². The molecule has 2 heteroatoms. The normalized spacial score (nSPS) is 20.0. The van der Waals surface area contributed by atoms with Gasteiger partial charge >= 0.3 is 0 Å². The SMILES string of the molecule is C1=CC2=N/C(c3ccc4c(c3)c3ccccc3n4-c3ccccc3)=C(/c3ccc(C4CCc5ccccc5-c5cc6c7c(c54)-c4ccccc4CC7c4ccccc4-6)cc3)CCCC2C=C1. The molecular formula is C64H48N2. The first-order chi connectivity index (χ1) is 32.7. The Balaban J connectivity index is 0.948. The highest BCUT2D eigenvalue weighted by Crippen LogP contribution is 2.59. The van der Waals surface area contributed by atoms with Gasteiger partial charge < -0.3 is 4.57 Å². The van der Waals surface area contributed by atoms with Crippen molar-refractivity contribution in [3.8, 4) is 39.1 Å². The van der Waals surface area contributed by atoms with Gasteiger partial charge in [0.15, 0.2) is 0 Å². The lowest BCUT2D eigenvalue weighted by Crippen LogP contribution is -2.15. The van der Waals surface area contributed by atoms with Crippen LogP contribution in [0.4, 0.5) is 0 Å². The molecular weight excluding hydrogens is 797 g/mol. The second kappa shape index (κ2) is 15.0. The van der Waals surface area contributed by atoms with Crippen LogP contribution in [0.1, 0.15) is 82.0 Å². The molecule has 0 saturated carbocycles. The number of rotatable bonds is 4. The number of hydrogen-bond donors (Lipinski definition) is 0. The smallest absolute Gasteiger partial charge is 0.0743 e. The number of hydrogen-bond acceptors (Lipinski definition) is 1. The van der Waals surface area contributed by atoms with Crippen molar-refractivity contribution in [2.24, 2.45) is 10.9 Å². The van der Waals surface area contributed by atoms with Gasteiger partial charge in [0, 0.05) is 45.5 Å². The fourth-order valence-electron chi connectivity index (χ4n) is 12.7. The second-order valence-electron chi connectivity index (χ2n) is 19.1. The van der Waals surface area contributed by atoms with Crippen LogP contribution in [0.5, 0.6) is 0 Å². The van der Waals surface area contributed by atoms with Crippen molar-refractivity contribution in [1.82, 2.24) is 4.57 Å². The fraction of sp³-hybridized carbons (Fsp3) is 0.141. The van der Waals surface area contributed by atoms with Gasteiger partial charge in [-0.15, -0.1) is 0 Å². The van der Waals surface area contributed by atoms with Crippen LogP contribution < -0.4 is 0 Å². The number of aromatic nitrogens is 1. The van der Waals surface area contributed by atoms with E-state index >= 15 is 0 Å². The quantitative estimate of drug-likeness (QED) is 0.168. The number of aliphatic imine (C=N–C) groups is 1. The zero-order valence-corrected chi connectivity index (χ0v) is 36.9. The summed E-state index contributed by atoms with van der Waals surface area (Å²) in [5.74, 6) is 0.951. The molecule has 0 fully saturated rings. The molecule has 3 unspecified atom stereocenters. The highest BCUT2D eigenvalue weighted by molar-refractivity contribution is 6.12. The maximum atomic E-state index is 5.67. The summed E-state index contributed by atoms with van der Waals surface area (Å²) in [7, 11) is 0. The van der Waals surface area contributed by atoms with Crippen LogP contribution in [0.25, 0.3) is 72.1 Å². The van der Waals surface area contributed by atoms with Crippen LogP contribution in [0.15, 0.2) is 205 Å². The first-order valence-electron chi connectivity index (χ1n) is 24.1. The number of para-hydroxylation sites is 2. The molecule has 3 atom stereocenters. The van der Waals surface area contributed by atoms with Crippen molar-refractivity contribution in [3.63, 3.8) is 0 Å². The van der Waals surface area contributed by atoms with Gasteiger partial charge in [-0.1, -0.05) is 158 Å². The van der Waals surface area contributed by atoms with E-state index in [9.17, 15) is 0 Å². The second-order valence-corrected chi connectivity index (χ2v) is 19.1. The third-order valence-electron chi connectivity index (χ3n) is 15.6. The summed E-state index contributed by atoms with van der Waals surface area (Å²) in [6, 6.07) is 66.8. The zero-order valence-electron chi connectivity index (χ0n) is 36.9. The number of fused-ring (bicyclic) bond motifs is 13. The Hall–Kier alpha value is -7.55. The Morgan fingerprint density at radius 3 is 2.11 bits per heavy atom. The summed E-state index contributed by atoms with van der Waals surface area (Å²) in [6.45, 7) is 0. The first-order valence-corrected chi connectivity index (χ1v) is 24.1. The number of benzene rings is 8. The van der Waals surface area contributed by atoms with Crippen molar-refractivity contribution in [2.45, 2.75) is 50.4 Å². The molecule has 5 aliphatic rings. The maximum absolute atomic E-state index is 5.67. The molecule has 9 aromatic rings. The van der Waals surface area contributed by atoms with E-state index in [1.165, 1.54) is 105 Å². The minimum Gasteiger partial charge on any atom is -0.309 e. The Morgan fingerprint density at radius 1 is 0.500 bits per heavy atom. The molecule has 1 aromatic heterocycles. The molecule has 0 spiro atoms. The van der Waals surface area contributed by atoms with Crippen LogP contribution in [0, 0.1) is 5.92 Å². The Kier molecular flexibility index (Phi) is 8.59. The van der Waals surface area contributed by atoms with Crippen LogP contribution in [0.2, 0.25) is 0 Å². The Bertz CT molecular complexity index is 3590. The molecule has 2 nitrogen and oxygen atoms in total. The third kappa shape index (κ3) is 5.77. The van der Waals surface area contributed by atoms with E-state index in [4.69, 9.17) is 4.99 Å². The van der Waals surface area contributed by atoms with E-state index < -0.39 is 0 Å². The molecule has 0 bridgehead atoms. The van der Waals surface area contributed by atoms with Gasteiger partial charge in [-0.05, 0) is 159 Å². The van der Waals surface area contributed by atoms with Crippen molar-refractivity contribution in [2.75, 3.05) is 0 Å². The van der Waals surface area contributed by atoms with E-state index in [0.717, 1.165) is 49.9 Å². The predicted molar refractivity (Wildman–Crippen MR) is 276 cm³/mol. The molecule has 0 saturated heterocycles. The molecule has 14 rings (SSSR count). The van der Waals surface area contributed by atoms with Crippen molar-refractivity contribution >= 4 is 38.8 Å². The van der Waals surface area contributed by atoms with Gasteiger partial charge in [0.25, 0.3) is 0 Å². The number of allylic oxidation sites excluding steroid dienone is 5. The van der Waals surface area contributed by atoms with Crippen LogP contribution in [0.3, 0.4) is 0 Å². The molecule has 0 radical (unpaired) electrons. The first kappa shape index (κ1) is 37.8. The van der Waals surface area contributed by atoms with Crippen LogP contribution in [-0.4, -0.2) is 10.3 Å². The minimum absolute atomic E-state index is 0.243. The molecule has 1 aliphatic heterocycles. The topological polar surface area (TPSA) is 17.3 Å². The highest BCUT2D eigenvalue weighted by atomic mass is 15.0. The average Bonchev–Trinajstić information content (AvgIpc) is 3.80. The number of nitrogens with zero attached hydrogens (tertiary/aromatic N) is 2. The summed E-state index contributed by atoms with van der Waals surface area (Å²) in [4.78, 5) is 5.67. The Labute approximate surface area is 386 Å². The van der Waals surface area contributed by atoms with E-state index in [2.05, 4.69) is 205 Å². The van der Waals surface area contributed by atoms with E-state index in [-0.39, 0.29) is 5.92 Å². The number of aryl methyl sites for hydroxylation is 1. The van der Waals surface area contributed by atoms with E-state index in [0.29, 0.717) is 11.8 Å². The van der Waals surface area contributed by atoms with Crippen molar-refractivity contribution in [3.05, 3.63) is 245 Å². The van der Waals surface area contributed by atoms with Crippen LogP contribution in [-0.2, 0) is 12.8 Å². The summed E-state index contributed by atoms with van der Waals surface area (Å²) in [5, 5.41) is 2.51. The minimum atomic E-state index is 0.243. The molecule has 0 N–H and O–H groups in total. The lowest BCUT2D eigenvalue weighted by molar-refractivity contribution is 0.688. The van der Waals surface area contributed by atoms with Gasteiger partial charge in [-0.3, -0.25) is 4.99 Å². The lowest BCUT2D eigenvalue weighted by atomic mass is 9.71. The molecule has 8 aromatic carbocycles. The molecule has 0 amide bonds.